The lowest BCUT2D eigenvalue weighted by Crippen LogP contribution is -2.44. The van der Waals surface area contributed by atoms with Crippen molar-refractivity contribution < 1.29 is 19.0 Å². The van der Waals surface area contributed by atoms with Crippen LogP contribution >= 0.6 is 0 Å². The Morgan fingerprint density at radius 2 is 1.64 bits per heavy atom. The summed E-state index contributed by atoms with van der Waals surface area (Å²) in [5.74, 6) is 2.14. The highest BCUT2D eigenvalue weighted by Gasteiger charge is 2.27. The second-order valence-corrected chi connectivity index (χ2v) is 10.2. The van der Waals surface area contributed by atoms with Crippen molar-refractivity contribution in [3.05, 3.63) is 84.1 Å². The minimum atomic E-state index is -0.641. The molecule has 1 N–H and O–H groups in total. The number of benzene rings is 3. The lowest BCUT2D eigenvalue weighted by atomic mass is 10.1. The molecule has 218 valence electrons. The molecule has 42 heavy (non-hydrogen) atoms. The predicted octanol–water partition coefficient (Wildman–Crippen LogP) is 5.94. The number of carbonyl (C=O) groups is 1. The Balaban J connectivity index is 1.48. The molecule has 0 saturated carbocycles. The first-order chi connectivity index (χ1) is 20.4. The van der Waals surface area contributed by atoms with Crippen molar-refractivity contribution >= 4 is 34.9 Å². The third-order valence-electron chi connectivity index (χ3n) is 7.25. The van der Waals surface area contributed by atoms with Crippen molar-refractivity contribution in [1.82, 2.24) is 14.9 Å². The normalized spacial score (nSPS) is 13.4. The molecule has 1 aliphatic rings. The SMILES string of the molecule is COc1ccc(N(C(=O)Oc2c(C)cccc2C)c2ccnc(Nc3cccc(N4CCN(C)CC4)c3)n2)c(OC)c1. The van der Waals surface area contributed by atoms with Gasteiger partial charge in [-0.05, 0) is 62.4 Å². The molecule has 10 nitrogen and oxygen atoms in total. The number of likely N-dealkylation sites (N-methyl/N-ethyl adjacent to an activating group) is 1. The number of amides is 1. The van der Waals surface area contributed by atoms with Crippen molar-refractivity contribution in [2.75, 3.05) is 62.6 Å². The largest absolute Gasteiger partial charge is 0.497 e. The number of rotatable bonds is 8. The number of nitrogens with one attached hydrogen (secondary N) is 1. The van der Waals surface area contributed by atoms with E-state index in [2.05, 4.69) is 39.3 Å². The van der Waals surface area contributed by atoms with Gasteiger partial charge in [-0.15, -0.1) is 0 Å². The minimum Gasteiger partial charge on any atom is -0.497 e. The maximum absolute atomic E-state index is 13.9. The average Bonchev–Trinajstić information content (AvgIpc) is 3.00. The molecule has 1 aromatic heterocycles. The second kappa shape index (κ2) is 12.8. The number of anilines is 5. The highest BCUT2D eigenvalue weighted by atomic mass is 16.6. The van der Waals surface area contributed by atoms with Crippen LogP contribution < -0.4 is 29.3 Å². The summed E-state index contributed by atoms with van der Waals surface area (Å²) >= 11 is 0. The summed E-state index contributed by atoms with van der Waals surface area (Å²) in [5.41, 5.74) is 4.10. The molecule has 1 amide bonds. The fraction of sp³-hybridized carbons (Fsp3) is 0.281. The first kappa shape index (κ1) is 28.7. The summed E-state index contributed by atoms with van der Waals surface area (Å²) in [6, 6.07) is 20.7. The van der Waals surface area contributed by atoms with Crippen LogP contribution in [0.15, 0.2) is 72.9 Å². The van der Waals surface area contributed by atoms with E-state index in [1.54, 1.807) is 37.6 Å². The van der Waals surface area contributed by atoms with Crippen molar-refractivity contribution in [3.8, 4) is 17.2 Å². The Morgan fingerprint density at radius 3 is 2.36 bits per heavy atom. The lowest BCUT2D eigenvalue weighted by molar-refractivity contribution is 0.209. The molecule has 4 aromatic rings. The molecule has 0 spiro atoms. The van der Waals surface area contributed by atoms with Crippen LogP contribution in [0.4, 0.5) is 33.6 Å². The summed E-state index contributed by atoms with van der Waals surface area (Å²) in [7, 11) is 5.25. The third kappa shape index (κ3) is 6.39. The Labute approximate surface area is 246 Å². The van der Waals surface area contributed by atoms with Crippen LogP contribution in [0.5, 0.6) is 17.2 Å². The van der Waals surface area contributed by atoms with E-state index in [1.807, 2.05) is 44.2 Å². The van der Waals surface area contributed by atoms with Gasteiger partial charge in [0, 0.05) is 55.9 Å². The van der Waals surface area contributed by atoms with Gasteiger partial charge in [0.2, 0.25) is 5.95 Å². The van der Waals surface area contributed by atoms with Crippen molar-refractivity contribution in [1.29, 1.82) is 0 Å². The van der Waals surface area contributed by atoms with Crippen LogP contribution in [0.1, 0.15) is 11.1 Å². The maximum Gasteiger partial charge on any atom is 0.425 e. The number of nitrogens with zero attached hydrogens (tertiary/aromatic N) is 5. The van der Waals surface area contributed by atoms with Crippen molar-refractivity contribution in [3.63, 3.8) is 0 Å². The zero-order valence-electron chi connectivity index (χ0n) is 24.6. The van der Waals surface area contributed by atoms with E-state index >= 15 is 0 Å². The van der Waals surface area contributed by atoms with Gasteiger partial charge < -0.3 is 29.3 Å². The van der Waals surface area contributed by atoms with Gasteiger partial charge in [0.15, 0.2) is 0 Å². The minimum absolute atomic E-state index is 0.308. The van der Waals surface area contributed by atoms with Gasteiger partial charge in [0.1, 0.15) is 23.1 Å². The Kier molecular flexibility index (Phi) is 8.73. The van der Waals surface area contributed by atoms with E-state index in [-0.39, 0.29) is 0 Å². The van der Waals surface area contributed by atoms with Gasteiger partial charge >= 0.3 is 6.09 Å². The van der Waals surface area contributed by atoms with E-state index in [0.29, 0.717) is 34.7 Å². The van der Waals surface area contributed by atoms with Gasteiger partial charge in [0.25, 0.3) is 0 Å². The zero-order chi connectivity index (χ0) is 29.6. The molecule has 2 heterocycles. The van der Waals surface area contributed by atoms with Crippen LogP contribution in [-0.2, 0) is 0 Å². The van der Waals surface area contributed by atoms with Gasteiger partial charge in [0.05, 0.1) is 19.9 Å². The number of para-hydroxylation sites is 1. The number of aryl methyl sites for hydroxylation is 2. The number of methoxy groups -OCH3 is 2. The molecular weight excluding hydrogens is 532 g/mol. The Morgan fingerprint density at radius 1 is 0.905 bits per heavy atom. The van der Waals surface area contributed by atoms with Crippen LogP contribution in [-0.4, -0.2) is 68.4 Å². The van der Waals surface area contributed by atoms with E-state index < -0.39 is 6.09 Å². The number of hydrogen-bond acceptors (Lipinski definition) is 9. The number of hydrogen-bond donors (Lipinski definition) is 1. The van der Waals surface area contributed by atoms with Crippen molar-refractivity contribution in [2.45, 2.75) is 13.8 Å². The summed E-state index contributed by atoms with van der Waals surface area (Å²) in [5, 5.41) is 3.30. The number of piperazine rings is 1. The molecule has 1 fully saturated rings. The summed E-state index contributed by atoms with van der Waals surface area (Å²) in [6.07, 6.45) is 0.960. The fourth-order valence-electron chi connectivity index (χ4n) is 4.89. The molecule has 0 atom stereocenters. The Bertz CT molecular complexity index is 1530. The topological polar surface area (TPSA) is 92.3 Å². The first-order valence-corrected chi connectivity index (χ1v) is 13.8. The fourth-order valence-corrected chi connectivity index (χ4v) is 4.89. The first-order valence-electron chi connectivity index (χ1n) is 13.8. The van der Waals surface area contributed by atoms with Crippen LogP contribution in [0, 0.1) is 13.8 Å². The molecule has 5 rings (SSSR count). The number of aromatic nitrogens is 2. The van der Waals surface area contributed by atoms with Gasteiger partial charge in [-0.25, -0.2) is 14.7 Å². The van der Waals surface area contributed by atoms with Crippen LogP contribution in [0.3, 0.4) is 0 Å². The second-order valence-electron chi connectivity index (χ2n) is 10.2. The van der Waals surface area contributed by atoms with E-state index in [4.69, 9.17) is 19.2 Å². The highest BCUT2D eigenvalue weighted by Crippen LogP contribution is 2.37. The van der Waals surface area contributed by atoms with E-state index in [9.17, 15) is 4.79 Å². The van der Waals surface area contributed by atoms with Gasteiger partial charge in [-0.2, -0.15) is 4.98 Å². The smallest absolute Gasteiger partial charge is 0.425 e. The zero-order valence-corrected chi connectivity index (χ0v) is 24.6. The predicted molar refractivity (Wildman–Crippen MR) is 165 cm³/mol. The number of ether oxygens (including phenoxy) is 3. The molecular formula is C32H36N6O4. The van der Waals surface area contributed by atoms with Crippen molar-refractivity contribution in [2.24, 2.45) is 0 Å². The van der Waals surface area contributed by atoms with E-state index in [1.165, 1.54) is 12.0 Å². The highest BCUT2D eigenvalue weighted by molar-refractivity contribution is 5.98. The molecule has 0 radical (unpaired) electrons. The molecule has 0 bridgehead atoms. The molecule has 10 heteroatoms. The quantitative estimate of drug-likeness (QED) is 0.277. The van der Waals surface area contributed by atoms with Crippen LogP contribution in [0.2, 0.25) is 0 Å². The standard InChI is InChI=1S/C32H36N6O4/c1-22-8-6-9-23(2)30(22)42-32(39)38(27-13-12-26(40-4)21-28(27)41-5)29-14-15-33-31(35-29)34-24-10-7-11-25(20-24)37-18-16-36(3)17-19-37/h6-15,20-21H,16-19H2,1-5H3,(H,33,34,35). The lowest BCUT2D eigenvalue weighted by Gasteiger charge is -2.34. The average molecular weight is 569 g/mol. The van der Waals surface area contributed by atoms with Gasteiger partial charge in [-0.3, -0.25) is 0 Å². The summed E-state index contributed by atoms with van der Waals surface area (Å²) in [6.45, 7) is 7.77. The molecule has 0 aliphatic carbocycles. The van der Waals surface area contributed by atoms with Crippen LogP contribution in [0.25, 0.3) is 0 Å². The summed E-state index contributed by atoms with van der Waals surface area (Å²) < 4.78 is 17.0. The third-order valence-corrected chi connectivity index (χ3v) is 7.25. The van der Waals surface area contributed by atoms with E-state index in [0.717, 1.165) is 48.7 Å². The molecule has 0 unspecified atom stereocenters. The maximum atomic E-state index is 13.9. The molecule has 3 aromatic carbocycles. The van der Waals surface area contributed by atoms with Gasteiger partial charge in [-0.1, -0.05) is 24.3 Å². The summed E-state index contributed by atoms with van der Waals surface area (Å²) in [4.78, 5) is 29.1. The Hall–Kier alpha value is -4.83. The molecule has 1 aliphatic heterocycles. The number of carbonyl (C=O) groups excluding carboxylic acids is 1. The monoisotopic (exact) mass is 568 g/mol. The molecule has 1 saturated heterocycles.